The Labute approximate surface area is 334 Å². The molecule has 0 heterocycles. The summed E-state index contributed by atoms with van der Waals surface area (Å²) in [5.74, 6) is 0. The molecule has 10 aromatic rings. The summed E-state index contributed by atoms with van der Waals surface area (Å²) in [6.45, 7) is 0. The maximum atomic E-state index is 2.38. The number of rotatable bonds is 8. The quantitative estimate of drug-likeness (QED) is 0.151. The standard InChI is InChI=1S/C56H39N/c1-3-13-40(14-4-1)41-29-33-48(34-30-41)57(49-35-31-47(32-36-49)54-24-12-20-43-18-8-10-22-52(43)54)50-37-38-55(56(39-50)44-15-5-2-6-16-44)46-27-25-45(26-28-46)53-23-11-19-42-17-7-9-21-51(42)53/h1-39H. The molecule has 0 unspecified atom stereocenters. The molecule has 268 valence electrons. The van der Waals surface area contributed by atoms with Gasteiger partial charge in [-0.15, -0.1) is 0 Å². The molecule has 57 heavy (non-hydrogen) atoms. The van der Waals surface area contributed by atoms with Crippen LogP contribution in [0.4, 0.5) is 17.1 Å². The Hall–Kier alpha value is -7.48. The van der Waals surface area contributed by atoms with E-state index >= 15 is 0 Å². The van der Waals surface area contributed by atoms with E-state index in [1.165, 1.54) is 77.2 Å². The van der Waals surface area contributed by atoms with Gasteiger partial charge in [-0.3, -0.25) is 0 Å². The highest BCUT2D eigenvalue weighted by Crippen LogP contribution is 2.42. The summed E-state index contributed by atoms with van der Waals surface area (Å²) in [7, 11) is 0. The van der Waals surface area contributed by atoms with Crippen molar-refractivity contribution in [3.63, 3.8) is 0 Å². The minimum Gasteiger partial charge on any atom is -0.310 e. The van der Waals surface area contributed by atoms with E-state index < -0.39 is 0 Å². The largest absolute Gasteiger partial charge is 0.310 e. The molecule has 0 N–H and O–H groups in total. The van der Waals surface area contributed by atoms with E-state index in [2.05, 4.69) is 241 Å². The first-order valence-electron chi connectivity index (χ1n) is 19.6. The molecule has 0 spiro atoms. The van der Waals surface area contributed by atoms with Gasteiger partial charge in [0.25, 0.3) is 0 Å². The van der Waals surface area contributed by atoms with Crippen molar-refractivity contribution in [2.24, 2.45) is 0 Å². The smallest absolute Gasteiger partial charge is 0.0468 e. The van der Waals surface area contributed by atoms with E-state index in [9.17, 15) is 0 Å². The first kappa shape index (κ1) is 34.0. The molecule has 10 aromatic carbocycles. The molecule has 0 aliphatic heterocycles. The molecule has 10 rings (SSSR count). The molecule has 1 heteroatoms. The van der Waals surface area contributed by atoms with Gasteiger partial charge < -0.3 is 4.90 Å². The summed E-state index contributed by atoms with van der Waals surface area (Å²) in [5, 5.41) is 5.03. The van der Waals surface area contributed by atoms with Crippen molar-refractivity contribution in [3.05, 3.63) is 237 Å². The molecule has 0 saturated carbocycles. The number of anilines is 3. The van der Waals surface area contributed by atoms with Gasteiger partial charge in [-0.1, -0.05) is 200 Å². The van der Waals surface area contributed by atoms with Crippen molar-refractivity contribution >= 4 is 38.6 Å². The van der Waals surface area contributed by atoms with Crippen LogP contribution >= 0.6 is 0 Å². The fourth-order valence-corrected chi connectivity index (χ4v) is 8.23. The van der Waals surface area contributed by atoms with Gasteiger partial charge >= 0.3 is 0 Å². The first-order valence-corrected chi connectivity index (χ1v) is 19.6. The maximum absolute atomic E-state index is 2.38. The van der Waals surface area contributed by atoms with E-state index in [0.29, 0.717) is 0 Å². The van der Waals surface area contributed by atoms with Gasteiger partial charge in [0.05, 0.1) is 0 Å². The Balaban J connectivity index is 1.08. The van der Waals surface area contributed by atoms with Gasteiger partial charge in [0.15, 0.2) is 0 Å². The van der Waals surface area contributed by atoms with Crippen LogP contribution in [0.1, 0.15) is 0 Å². The van der Waals surface area contributed by atoms with Crippen LogP contribution in [0.3, 0.4) is 0 Å². The highest BCUT2D eigenvalue weighted by atomic mass is 15.1. The van der Waals surface area contributed by atoms with Gasteiger partial charge in [0.1, 0.15) is 0 Å². The molecule has 0 saturated heterocycles. The molecule has 0 amide bonds. The number of benzene rings is 10. The van der Waals surface area contributed by atoms with Crippen molar-refractivity contribution < 1.29 is 0 Å². The SMILES string of the molecule is c1ccc(-c2ccc(N(c3ccc(-c4cccc5ccccc45)cc3)c3ccc(-c4ccc(-c5cccc6ccccc56)cc4)c(-c4ccccc4)c3)cc2)cc1. The third-order valence-electron chi connectivity index (χ3n) is 11.1. The Morgan fingerprint density at radius 2 is 0.579 bits per heavy atom. The zero-order valence-corrected chi connectivity index (χ0v) is 31.5. The molecule has 0 aliphatic rings. The predicted molar refractivity (Wildman–Crippen MR) is 243 cm³/mol. The van der Waals surface area contributed by atoms with Gasteiger partial charge in [0.2, 0.25) is 0 Å². The number of hydrogen-bond acceptors (Lipinski definition) is 1. The van der Waals surface area contributed by atoms with Gasteiger partial charge in [-0.25, -0.2) is 0 Å². The Morgan fingerprint density at radius 3 is 1.12 bits per heavy atom. The molecular weight excluding hydrogens is 687 g/mol. The third kappa shape index (κ3) is 6.66. The minimum absolute atomic E-state index is 1.09. The molecule has 0 atom stereocenters. The second kappa shape index (κ2) is 15.0. The maximum Gasteiger partial charge on any atom is 0.0468 e. The zero-order chi connectivity index (χ0) is 38.0. The van der Waals surface area contributed by atoms with Crippen molar-refractivity contribution in [1.29, 1.82) is 0 Å². The summed E-state index contributed by atoms with van der Waals surface area (Å²) >= 11 is 0. The van der Waals surface area contributed by atoms with Crippen LogP contribution in [0.15, 0.2) is 237 Å². The Kier molecular flexibility index (Phi) is 8.95. The number of fused-ring (bicyclic) bond motifs is 2. The molecule has 1 nitrogen and oxygen atoms in total. The summed E-state index contributed by atoms with van der Waals surface area (Å²) < 4.78 is 0. The number of nitrogens with zero attached hydrogens (tertiary/aromatic N) is 1. The second-order valence-electron chi connectivity index (χ2n) is 14.5. The summed E-state index contributed by atoms with van der Waals surface area (Å²) in [6.07, 6.45) is 0. The van der Waals surface area contributed by atoms with Crippen LogP contribution in [-0.4, -0.2) is 0 Å². The van der Waals surface area contributed by atoms with Gasteiger partial charge in [-0.2, -0.15) is 0 Å². The van der Waals surface area contributed by atoms with E-state index in [1.54, 1.807) is 0 Å². The molecule has 0 fully saturated rings. The molecule has 0 aliphatic carbocycles. The van der Waals surface area contributed by atoms with Crippen molar-refractivity contribution in [2.75, 3.05) is 4.90 Å². The summed E-state index contributed by atoms with van der Waals surface area (Å²) in [4.78, 5) is 2.38. The summed E-state index contributed by atoms with van der Waals surface area (Å²) in [5.41, 5.74) is 15.3. The normalized spacial score (nSPS) is 11.2. The highest BCUT2D eigenvalue weighted by Gasteiger charge is 2.18. The third-order valence-corrected chi connectivity index (χ3v) is 11.1. The van der Waals surface area contributed by atoms with Crippen molar-refractivity contribution in [3.8, 4) is 55.6 Å². The lowest BCUT2D eigenvalue weighted by Gasteiger charge is -2.27. The lowest BCUT2D eigenvalue weighted by Crippen LogP contribution is -2.10. The van der Waals surface area contributed by atoms with Crippen LogP contribution in [-0.2, 0) is 0 Å². The average Bonchev–Trinajstić information content (AvgIpc) is 3.30. The molecular formula is C56H39N. The highest BCUT2D eigenvalue weighted by molar-refractivity contribution is 5.98. The van der Waals surface area contributed by atoms with Crippen LogP contribution in [0.5, 0.6) is 0 Å². The van der Waals surface area contributed by atoms with Crippen LogP contribution in [0.2, 0.25) is 0 Å². The van der Waals surface area contributed by atoms with Gasteiger partial charge in [0, 0.05) is 17.1 Å². The minimum atomic E-state index is 1.09. The van der Waals surface area contributed by atoms with E-state index in [0.717, 1.165) is 17.1 Å². The van der Waals surface area contributed by atoms with Crippen LogP contribution in [0, 0.1) is 0 Å². The fourth-order valence-electron chi connectivity index (χ4n) is 8.23. The van der Waals surface area contributed by atoms with E-state index in [-0.39, 0.29) is 0 Å². The topological polar surface area (TPSA) is 3.24 Å². The Morgan fingerprint density at radius 1 is 0.211 bits per heavy atom. The average molecular weight is 726 g/mol. The fraction of sp³-hybridized carbons (Fsp3) is 0. The van der Waals surface area contributed by atoms with Crippen LogP contribution in [0.25, 0.3) is 77.2 Å². The molecule has 0 aromatic heterocycles. The van der Waals surface area contributed by atoms with Crippen LogP contribution < -0.4 is 4.90 Å². The molecule has 0 radical (unpaired) electrons. The lowest BCUT2D eigenvalue weighted by molar-refractivity contribution is 1.28. The van der Waals surface area contributed by atoms with E-state index in [1.807, 2.05) is 0 Å². The second-order valence-corrected chi connectivity index (χ2v) is 14.5. The molecule has 0 bridgehead atoms. The number of hydrogen-bond donors (Lipinski definition) is 0. The monoisotopic (exact) mass is 725 g/mol. The predicted octanol–water partition coefficient (Wildman–Crippen LogP) is 15.8. The van der Waals surface area contributed by atoms with Gasteiger partial charge in [-0.05, 0) is 114 Å². The first-order chi connectivity index (χ1) is 28.3. The summed E-state index contributed by atoms with van der Waals surface area (Å²) in [6, 6.07) is 85.6. The zero-order valence-electron chi connectivity index (χ0n) is 31.5. The van der Waals surface area contributed by atoms with Crippen molar-refractivity contribution in [2.45, 2.75) is 0 Å². The lowest BCUT2D eigenvalue weighted by atomic mass is 9.91. The van der Waals surface area contributed by atoms with Crippen molar-refractivity contribution in [1.82, 2.24) is 0 Å². The Bertz CT molecular complexity index is 2950. The van der Waals surface area contributed by atoms with E-state index in [4.69, 9.17) is 0 Å².